The number of nitrogens with one attached hydrogen (secondary N) is 3. The monoisotopic (exact) mass is 370 g/mol. The third-order valence-corrected chi connectivity index (χ3v) is 2.36. The lowest BCUT2D eigenvalue weighted by atomic mass is 9.93. The van der Waals surface area contributed by atoms with Gasteiger partial charge in [0.15, 0.2) is 5.96 Å². The fraction of sp³-hybridized carbons (Fsp3) is 0.833. The second-order valence-electron chi connectivity index (χ2n) is 4.58. The second-order valence-corrected chi connectivity index (χ2v) is 4.58. The number of nitrogens with zero attached hydrogens (tertiary/aromatic N) is 1. The summed E-state index contributed by atoms with van der Waals surface area (Å²) in [7, 11) is 1.65. The summed E-state index contributed by atoms with van der Waals surface area (Å²) < 4.78 is 0. The first-order valence-corrected chi connectivity index (χ1v) is 6.22. The van der Waals surface area contributed by atoms with Crippen LogP contribution >= 0.6 is 24.0 Å². The molecule has 3 N–H and O–H groups in total. The summed E-state index contributed by atoms with van der Waals surface area (Å²) in [6.07, 6.45) is 1.04. The van der Waals surface area contributed by atoms with Crippen LogP contribution in [0.2, 0.25) is 0 Å². The average molecular weight is 370 g/mol. The lowest BCUT2D eigenvalue weighted by Gasteiger charge is -2.21. The Balaban J connectivity index is 0. The number of carbonyl (C=O) groups is 1. The van der Waals surface area contributed by atoms with Gasteiger partial charge in [0.2, 0.25) is 5.91 Å². The topological polar surface area (TPSA) is 65.5 Å². The highest BCUT2D eigenvalue weighted by Gasteiger charge is 2.26. The van der Waals surface area contributed by atoms with E-state index in [0.29, 0.717) is 6.54 Å². The van der Waals surface area contributed by atoms with Gasteiger partial charge >= 0.3 is 0 Å². The number of halogens is 1. The highest BCUT2D eigenvalue weighted by molar-refractivity contribution is 14.0. The van der Waals surface area contributed by atoms with Gasteiger partial charge in [-0.2, -0.15) is 0 Å². The number of hydrogen-bond donors (Lipinski definition) is 3. The van der Waals surface area contributed by atoms with Crippen molar-refractivity contribution >= 4 is 35.8 Å². The SMILES string of the molecule is CCCNC(=NCC(C)(C)C(=O)NC)NCC.I. The molecule has 0 atom stereocenters. The summed E-state index contributed by atoms with van der Waals surface area (Å²) in [5.74, 6) is 0.777. The summed E-state index contributed by atoms with van der Waals surface area (Å²) in [6.45, 7) is 10.1. The predicted octanol–water partition coefficient (Wildman–Crippen LogP) is 1.34. The number of hydrogen-bond acceptors (Lipinski definition) is 2. The van der Waals surface area contributed by atoms with Crippen LogP contribution < -0.4 is 16.0 Å². The van der Waals surface area contributed by atoms with Gasteiger partial charge in [0.25, 0.3) is 0 Å². The largest absolute Gasteiger partial charge is 0.359 e. The molecule has 0 spiro atoms. The van der Waals surface area contributed by atoms with Crippen molar-refractivity contribution in [1.29, 1.82) is 0 Å². The molecule has 18 heavy (non-hydrogen) atoms. The second kappa shape index (κ2) is 10.4. The van der Waals surface area contributed by atoms with Crippen LogP contribution in [0.4, 0.5) is 0 Å². The molecule has 0 saturated heterocycles. The minimum atomic E-state index is -0.483. The maximum absolute atomic E-state index is 11.6. The van der Waals surface area contributed by atoms with E-state index in [-0.39, 0.29) is 29.9 Å². The van der Waals surface area contributed by atoms with Crippen molar-refractivity contribution in [2.45, 2.75) is 34.1 Å². The summed E-state index contributed by atoms with van der Waals surface area (Å²) in [5.41, 5.74) is -0.483. The maximum atomic E-state index is 11.6. The third kappa shape index (κ3) is 7.73. The number of rotatable bonds is 6. The van der Waals surface area contributed by atoms with Gasteiger partial charge in [-0.3, -0.25) is 9.79 Å². The quantitative estimate of drug-likeness (QED) is 0.376. The van der Waals surface area contributed by atoms with Crippen LogP contribution in [-0.2, 0) is 4.79 Å². The number of amides is 1. The van der Waals surface area contributed by atoms with Gasteiger partial charge in [-0.05, 0) is 27.2 Å². The molecule has 0 bridgehead atoms. The van der Waals surface area contributed by atoms with Crippen LogP contribution in [0.5, 0.6) is 0 Å². The molecule has 0 aromatic carbocycles. The van der Waals surface area contributed by atoms with Crippen molar-refractivity contribution in [3.8, 4) is 0 Å². The zero-order chi connectivity index (χ0) is 13.3. The summed E-state index contributed by atoms with van der Waals surface area (Å²) in [5, 5.41) is 9.02. The van der Waals surface area contributed by atoms with E-state index in [1.807, 2.05) is 20.8 Å². The molecule has 0 aliphatic carbocycles. The van der Waals surface area contributed by atoms with E-state index in [1.54, 1.807) is 7.05 Å². The fourth-order valence-electron chi connectivity index (χ4n) is 1.27. The first-order valence-electron chi connectivity index (χ1n) is 6.22. The number of carbonyl (C=O) groups excluding carboxylic acids is 1. The molecule has 0 aromatic rings. The molecule has 1 amide bonds. The molecule has 0 heterocycles. The molecule has 0 aromatic heterocycles. The van der Waals surface area contributed by atoms with Gasteiger partial charge in [0.05, 0.1) is 12.0 Å². The van der Waals surface area contributed by atoms with E-state index >= 15 is 0 Å². The number of aliphatic imine (C=N–C) groups is 1. The van der Waals surface area contributed by atoms with Crippen molar-refractivity contribution in [2.24, 2.45) is 10.4 Å². The Kier molecular flexibility index (Phi) is 11.4. The van der Waals surface area contributed by atoms with Gasteiger partial charge in [-0.15, -0.1) is 24.0 Å². The highest BCUT2D eigenvalue weighted by Crippen LogP contribution is 2.14. The van der Waals surface area contributed by atoms with Crippen molar-refractivity contribution in [1.82, 2.24) is 16.0 Å². The molecule has 0 unspecified atom stereocenters. The van der Waals surface area contributed by atoms with Crippen LogP contribution in [-0.4, -0.2) is 38.5 Å². The fourth-order valence-corrected chi connectivity index (χ4v) is 1.27. The Morgan fingerprint density at radius 3 is 2.28 bits per heavy atom. The highest BCUT2D eigenvalue weighted by atomic mass is 127. The molecule has 0 fully saturated rings. The molecule has 0 rings (SSSR count). The van der Waals surface area contributed by atoms with Crippen molar-refractivity contribution < 1.29 is 4.79 Å². The van der Waals surface area contributed by atoms with E-state index in [2.05, 4.69) is 27.9 Å². The zero-order valence-electron chi connectivity index (χ0n) is 12.1. The molecule has 0 radical (unpaired) electrons. The Morgan fingerprint density at radius 1 is 1.22 bits per heavy atom. The Labute approximate surface area is 128 Å². The van der Waals surface area contributed by atoms with Crippen molar-refractivity contribution in [2.75, 3.05) is 26.7 Å². The Bertz CT molecular complexity index is 267. The van der Waals surface area contributed by atoms with E-state index in [4.69, 9.17) is 0 Å². The first-order chi connectivity index (χ1) is 7.97. The zero-order valence-corrected chi connectivity index (χ0v) is 14.4. The molecule has 6 heteroatoms. The Morgan fingerprint density at radius 2 is 1.83 bits per heavy atom. The lowest BCUT2D eigenvalue weighted by Crippen LogP contribution is -2.41. The van der Waals surface area contributed by atoms with E-state index in [0.717, 1.165) is 25.5 Å². The van der Waals surface area contributed by atoms with E-state index in [9.17, 15) is 4.79 Å². The summed E-state index contributed by atoms with van der Waals surface area (Å²) in [4.78, 5) is 16.0. The van der Waals surface area contributed by atoms with Crippen LogP contribution in [0.1, 0.15) is 34.1 Å². The van der Waals surface area contributed by atoms with Crippen LogP contribution in [0.15, 0.2) is 4.99 Å². The van der Waals surface area contributed by atoms with E-state index < -0.39 is 5.41 Å². The van der Waals surface area contributed by atoms with E-state index in [1.165, 1.54) is 0 Å². The minimum absolute atomic E-state index is 0. The van der Waals surface area contributed by atoms with Gasteiger partial charge in [0, 0.05) is 20.1 Å². The third-order valence-electron chi connectivity index (χ3n) is 2.36. The smallest absolute Gasteiger partial charge is 0.227 e. The molecule has 5 nitrogen and oxygen atoms in total. The van der Waals surface area contributed by atoms with Crippen LogP contribution in [0, 0.1) is 5.41 Å². The molecule has 108 valence electrons. The van der Waals surface area contributed by atoms with Crippen molar-refractivity contribution in [3.05, 3.63) is 0 Å². The minimum Gasteiger partial charge on any atom is -0.359 e. The van der Waals surface area contributed by atoms with Gasteiger partial charge in [-0.25, -0.2) is 0 Å². The molecule has 0 aliphatic heterocycles. The molecule has 0 aliphatic rings. The summed E-state index contributed by atoms with van der Waals surface area (Å²) in [6, 6.07) is 0. The van der Waals surface area contributed by atoms with Crippen LogP contribution in [0.3, 0.4) is 0 Å². The predicted molar refractivity (Wildman–Crippen MR) is 87.5 cm³/mol. The molecular formula is C12H27IN4O. The number of guanidine groups is 1. The average Bonchev–Trinajstić information content (AvgIpc) is 2.31. The summed E-state index contributed by atoms with van der Waals surface area (Å²) >= 11 is 0. The van der Waals surface area contributed by atoms with Crippen LogP contribution in [0.25, 0.3) is 0 Å². The van der Waals surface area contributed by atoms with Crippen molar-refractivity contribution in [3.63, 3.8) is 0 Å². The standard InChI is InChI=1S/C12H26N4O.HI/c1-6-8-15-11(14-7-2)16-9-12(3,4)10(17)13-5;/h6-9H2,1-5H3,(H,13,17)(H2,14,15,16);1H. The first kappa shape index (κ1) is 19.8. The van der Waals surface area contributed by atoms with Gasteiger partial charge < -0.3 is 16.0 Å². The van der Waals surface area contributed by atoms with Gasteiger partial charge in [0.1, 0.15) is 0 Å². The van der Waals surface area contributed by atoms with Gasteiger partial charge in [-0.1, -0.05) is 6.92 Å². The normalized spacial score (nSPS) is 11.5. The Hall–Kier alpha value is -0.530. The maximum Gasteiger partial charge on any atom is 0.227 e. The molecular weight excluding hydrogens is 343 g/mol. The molecule has 0 saturated carbocycles. The lowest BCUT2D eigenvalue weighted by molar-refractivity contribution is -0.128.